The van der Waals surface area contributed by atoms with Crippen molar-refractivity contribution >= 4 is 20.0 Å². The third-order valence-corrected chi connectivity index (χ3v) is 6.84. The van der Waals surface area contributed by atoms with Crippen molar-refractivity contribution in [3.63, 3.8) is 0 Å². The number of rotatable bonds is 4. The lowest BCUT2D eigenvalue weighted by Crippen LogP contribution is -2.43. The number of aromatic amines is 1. The van der Waals surface area contributed by atoms with E-state index in [2.05, 4.69) is 4.98 Å². The van der Waals surface area contributed by atoms with Crippen LogP contribution in [0.5, 0.6) is 5.75 Å². The molecule has 0 saturated carbocycles. The molecule has 2 aliphatic heterocycles. The van der Waals surface area contributed by atoms with Crippen molar-refractivity contribution in [1.82, 2.24) is 9.55 Å². The summed E-state index contributed by atoms with van der Waals surface area (Å²) in [5.74, 6) is -2.96. The average Bonchev–Trinajstić information content (AvgIpc) is 2.91. The van der Waals surface area contributed by atoms with Gasteiger partial charge in [0.05, 0.1) is 7.98 Å². The second-order valence-corrected chi connectivity index (χ2v) is 9.71. The molecule has 1 saturated heterocycles. The van der Waals surface area contributed by atoms with Gasteiger partial charge in [-0.1, -0.05) is 29.9 Å². The normalized spacial score (nSPS) is 34.6. The smallest absolute Gasteiger partial charge is 0.403 e. The van der Waals surface area contributed by atoms with E-state index in [1.807, 2.05) is 6.92 Å². The molecule has 0 amide bonds. The molecule has 0 radical (unpaired) electrons. The second-order valence-electron chi connectivity index (χ2n) is 7.71. The Balaban J connectivity index is 1.58. The van der Waals surface area contributed by atoms with Gasteiger partial charge in [0.2, 0.25) is 0 Å². The fourth-order valence-electron chi connectivity index (χ4n) is 3.50. The highest BCUT2D eigenvalue weighted by Crippen LogP contribution is 2.56. The summed E-state index contributed by atoms with van der Waals surface area (Å²) in [5.41, 5.74) is 1.61. The molecular weight excluding hydrogens is 466 g/mol. The Morgan fingerprint density at radius 3 is 2.84 bits per heavy atom. The molecule has 1 fully saturated rings. The maximum atomic E-state index is 15.5. The number of alkyl halides is 1. The number of phosphoric acid groups is 1. The van der Waals surface area contributed by atoms with Crippen LogP contribution in [0, 0.1) is 25.4 Å². The van der Waals surface area contributed by atoms with Gasteiger partial charge in [0.1, 0.15) is 29.2 Å². The number of H-pyrrole nitrogens is 1. The van der Waals surface area contributed by atoms with E-state index in [4.69, 9.17) is 31.9 Å². The fraction of sp³-hybridized carbons (Fsp3) is 0.474. The molecule has 2 aliphatic rings. The summed E-state index contributed by atoms with van der Waals surface area (Å²) in [6.45, 7) is 3.78. The number of aromatic nitrogens is 2. The van der Waals surface area contributed by atoms with Crippen LogP contribution in [-0.2, 0) is 25.0 Å². The Morgan fingerprint density at radius 2 is 2.12 bits per heavy atom. The molecule has 2 aromatic rings. The van der Waals surface area contributed by atoms with E-state index in [-0.39, 0.29) is 17.0 Å². The van der Waals surface area contributed by atoms with Gasteiger partial charge in [0.25, 0.3) is 5.85 Å². The summed E-state index contributed by atoms with van der Waals surface area (Å²) < 4.78 is 58.2. The van der Waals surface area contributed by atoms with E-state index in [1.54, 1.807) is 19.1 Å². The number of halogens is 1. The molecule has 0 bridgehead atoms. The quantitative estimate of drug-likeness (QED) is 0.438. The first-order valence-electron chi connectivity index (χ1n) is 10.1. The first kappa shape index (κ1) is 21.9. The second kappa shape index (κ2) is 8.14. The number of aryl methyl sites for hydroxylation is 3. The van der Waals surface area contributed by atoms with Crippen LogP contribution in [0.15, 0.2) is 23.1 Å². The predicted octanol–water partition coefficient (Wildman–Crippen LogP) is 2.48. The summed E-state index contributed by atoms with van der Waals surface area (Å²) in [6, 6.07) is 3.58. The number of aliphatic hydroxyl groups is 2. The molecule has 3 N–H and O–H groups in total. The molecule has 1 aromatic carbocycles. The molecule has 1 aromatic heterocycles. The van der Waals surface area contributed by atoms with Crippen molar-refractivity contribution in [2.75, 3.05) is 6.61 Å². The maximum Gasteiger partial charge on any atom is 0.530 e. The number of ether oxygens (including phenoxy) is 1. The summed E-state index contributed by atoms with van der Waals surface area (Å²) in [6.07, 6.45) is -6.23. The van der Waals surface area contributed by atoms with Crippen molar-refractivity contribution in [3.8, 4) is 5.75 Å². The van der Waals surface area contributed by atoms with Crippen molar-refractivity contribution in [2.24, 2.45) is 0 Å². The zero-order chi connectivity index (χ0) is 24.3. The minimum Gasteiger partial charge on any atom is -0.403 e. The Kier molecular flexibility index (Phi) is 5.57. The number of nitrogens with one attached hydrogen (secondary N) is 1. The van der Waals surface area contributed by atoms with E-state index in [0.717, 1.165) is 11.8 Å². The molecule has 13 heteroatoms. The van der Waals surface area contributed by atoms with Crippen LogP contribution in [0.3, 0.4) is 0 Å². The molecule has 3 heterocycles. The van der Waals surface area contributed by atoms with Crippen molar-refractivity contribution in [3.05, 3.63) is 55.7 Å². The van der Waals surface area contributed by atoms with Gasteiger partial charge in [0.15, 0.2) is 6.20 Å². The van der Waals surface area contributed by atoms with Gasteiger partial charge >= 0.3 is 13.5 Å². The minimum absolute atomic E-state index is 0.0817. The van der Waals surface area contributed by atoms with E-state index in [9.17, 15) is 19.6 Å². The molecule has 1 unspecified atom stereocenters. The van der Waals surface area contributed by atoms with E-state index < -0.39 is 44.4 Å². The SMILES string of the molecule is [2H][C@@]1(n2cc(C)c(=S)[nH]c2=O)O[C@](F)(COP2(=O)OCc3cc(C)cc(C)c3O2)[C@@H](O)[C@H]1O. The maximum absolute atomic E-state index is 15.5. The highest BCUT2D eigenvalue weighted by Gasteiger charge is 2.57. The third kappa shape index (κ3) is 4.08. The van der Waals surface area contributed by atoms with Gasteiger partial charge < -0.3 is 19.5 Å². The topological polar surface area (TPSA) is 132 Å². The molecule has 0 aliphatic carbocycles. The largest absolute Gasteiger partial charge is 0.530 e. The lowest BCUT2D eigenvalue weighted by atomic mass is 10.1. The number of nitrogens with zero attached hydrogens (tertiary/aromatic N) is 1. The zero-order valence-corrected chi connectivity index (χ0v) is 19.0. The molecule has 0 spiro atoms. The Hall–Kier alpha value is -1.92. The van der Waals surface area contributed by atoms with E-state index in [0.29, 0.717) is 21.3 Å². The zero-order valence-electron chi connectivity index (χ0n) is 18.3. The Labute approximate surface area is 188 Å². The number of hydrogen-bond donors (Lipinski definition) is 3. The number of hydrogen-bond acceptors (Lipinski definition) is 9. The van der Waals surface area contributed by atoms with Crippen molar-refractivity contribution in [2.45, 2.75) is 51.6 Å². The summed E-state index contributed by atoms with van der Waals surface area (Å²) >= 11 is 4.94. The van der Waals surface area contributed by atoms with Gasteiger partial charge in [-0.05, 0) is 26.3 Å². The summed E-state index contributed by atoms with van der Waals surface area (Å²) in [7, 11) is -4.33. The molecular formula is C19H22FN2O8PS. The van der Waals surface area contributed by atoms with Crippen molar-refractivity contribution < 1.29 is 38.8 Å². The van der Waals surface area contributed by atoms with Gasteiger partial charge in [-0.25, -0.2) is 13.8 Å². The van der Waals surface area contributed by atoms with Crippen LogP contribution in [0.1, 0.15) is 29.8 Å². The first-order valence-corrected chi connectivity index (χ1v) is 11.4. The molecule has 10 nitrogen and oxygen atoms in total. The van der Waals surface area contributed by atoms with Crippen LogP contribution in [0.4, 0.5) is 4.39 Å². The molecule has 32 heavy (non-hydrogen) atoms. The minimum atomic E-state index is -4.33. The standard InChI is InChI=1S/C19H22FN2O8PS/c1-9-4-10(2)14-12(5-9)7-27-31(26,30-14)28-8-19(20)15(24)13(23)17(29-19)22-6-11(3)16(32)21-18(22)25/h4-6,13,15,17,23-24H,7-8H2,1-3H3,(H,21,25,32)/t13-,15+,17-,19-,31?/m1/s1/i17D. The number of benzene rings is 1. The highest BCUT2D eigenvalue weighted by atomic mass is 32.1. The van der Waals surface area contributed by atoms with Gasteiger partial charge in [-0.15, -0.1) is 0 Å². The predicted molar refractivity (Wildman–Crippen MR) is 111 cm³/mol. The van der Waals surface area contributed by atoms with Gasteiger partial charge in [-0.2, -0.15) is 0 Å². The van der Waals surface area contributed by atoms with Crippen LogP contribution < -0.4 is 10.2 Å². The molecule has 5 atom stereocenters. The lowest BCUT2D eigenvalue weighted by Gasteiger charge is -2.29. The molecule has 174 valence electrons. The van der Waals surface area contributed by atoms with Crippen LogP contribution >= 0.6 is 20.0 Å². The Morgan fingerprint density at radius 1 is 1.41 bits per heavy atom. The van der Waals surface area contributed by atoms with E-state index >= 15 is 4.39 Å². The Bertz CT molecular complexity index is 1290. The highest BCUT2D eigenvalue weighted by molar-refractivity contribution is 7.71. The van der Waals surface area contributed by atoms with Gasteiger partial charge in [-0.3, -0.25) is 18.6 Å². The number of phosphoric ester groups is 1. The van der Waals surface area contributed by atoms with Crippen LogP contribution in [0.25, 0.3) is 0 Å². The van der Waals surface area contributed by atoms with Crippen LogP contribution in [0.2, 0.25) is 0 Å². The summed E-state index contributed by atoms with van der Waals surface area (Å²) in [4.78, 5) is 14.6. The fourth-order valence-corrected chi connectivity index (χ4v) is 4.94. The van der Waals surface area contributed by atoms with Gasteiger partial charge in [0, 0.05) is 17.3 Å². The van der Waals surface area contributed by atoms with E-state index in [1.165, 1.54) is 6.92 Å². The number of aliphatic hydroxyl groups excluding tert-OH is 2. The van der Waals surface area contributed by atoms with Crippen LogP contribution in [-0.4, -0.2) is 44.4 Å². The number of fused-ring (bicyclic) bond motifs is 1. The average molecular weight is 489 g/mol. The third-order valence-electron chi connectivity index (χ3n) is 5.12. The lowest BCUT2D eigenvalue weighted by molar-refractivity contribution is -0.205. The van der Waals surface area contributed by atoms with Crippen molar-refractivity contribution in [1.29, 1.82) is 0 Å². The first-order chi connectivity index (χ1) is 15.3. The monoisotopic (exact) mass is 489 g/mol. The summed E-state index contributed by atoms with van der Waals surface area (Å²) in [5, 5.41) is 20.7. The molecule has 4 rings (SSSR count).